The van der Waals surface area contributed by atoms with Crippen molar-refractivity contribution in [3.63, 3.8) is 0 Å². The summed E-state index contributed by atoms with van der Waals surface area (Å²) in [5.41, 5.74) is 3.36. The van der Waals surface area contributed by atoms with Crippen LogP contribution in [-0.4, -0.2) is 41.9 Å². The fourth-order valence-corrected chi connectivity index (χ4v) is 4.17. The summed E-state index contributed by atoms with van der Waals surface area (Å²) in [5, 5.41) is 30.6. The number of hydrogen-bond acceptors (Lipinski definition) is 5. The molecule has 2 aliphatic carbocycles. The number of aliphatic hydroxyl groups is 2. The molecular formula is C16H15N5O2. The van der Waals surface area contributed by atoms with Gasteiger partial charge in [-0.15, -0.1) is 0 Å². The van der Waals surface area contributed by atoms with E-state index >= 15 is 0 Å². The second-order valence-electron chi connectivity index (χ2n) is 6.67. The Kier molecular flexibility index (Phi) is 2.33. The lowest BCUT2D eigenvalue weighted by Crippen LogP contribution is -2.31. The molecule has 2 fully saturated rings. The Labute approximate surface area is 131 Å². The topological polar surface area (TPSA) is 111 Å². The first-order valence-electron chi connectivity index (χ1n) is 7.72. The molecule has 23 heavy (non-hydrogen) atoms. The Morgan fingerprint density at radius 3 is 2.87 bits per heavy atom. The summed E-state index contributed by atoms with van der Waals surface area (Å²) in [4.78, 5) is 12.2. The molecule has 3 aromatic rings. The van der Waals surface area contributed by atoms with Gasteiger partial charge in [0.2, 0.25) is 0 Å². The second-order valence-corrected chi connectivity index (χ2v) is 6.67. The van der Waals surface area contributed by atoms with Crippen molar-refractivity contribution in [3.05, 3.63) is 23.8 Å². The number of H-pyrrole nitrogens is 1. The van der Waals surface area contributed by atoms with Crippen LogP contribution >= 0.6 is 0 Å². The number of aliphatic hydroxyl groups excluding tert-OH is 2. The summed E-state index contributed by atoms with van der Waals surface area (Å²) in [6.07, 6.45) is 1.08. The van der Waals surface area contributed by atoms with Crippen LogP contribution in [0.2, 0.25) is 0 Å². The molecule has 3 heterocycles. The fourth-order valence-electron chi connectivity index (χ4n) is 4.17. The number of aromatic amines is 1. The van der Waals surface area contributed by atoms with Gasteiger partial charge in [-0.3, -0.25) is 0 Å². The highest BCUT2D eigenvalue weighted by Gasteiger charge is 2.60. The van der Waals surface area contributed by atoms with Gasteiger partial charge < -0.3 is 19.8 Å². The molecule has 116 valence electrons. The molecule has 2 aliphatic rings. The Morgan fingerprint density at radius 2 is 2.17 bits per heavy atom. The predicted molar refractivity (Wildman–Crippen MR) is 81.5 cm³/mol. The van der Waals surface area contributed by atoms with E-state index in [1.807, 2.05) is 17.6 Å². The third-order valence-corrected chi connectivity index (χ3v) is 5.32. The van der Waals surface area contributed by atoms with Gasteiger partial charge in [0.05, 0.1) is 24.0 Å². The van der Waals surface area contributed by atoms with Crippen LogP contribution in [0.15, 0.2) is 12.4 Å². The normalized spacial score (nSPS) is 32.3. The molecule has 7 nitrogen and oxygen atoms in total. The van der Waals surface area contributed by atoms with E-state index in [-0.39, 0.29) is 17.9 Å². The van der Waals surface area contributed by atoms with Crippen LogP contribution in [0.25, 0.3) is 22.1 Å². The van der Waals surface area contributed by atoms with Gasteiger partial charge in [-0.2, -0.15) is 5.26 Å². The van der Waals surface area contributed by atoms with Crippen molar-refractivity contribution in [2.45, 2.75) is 31.6 Å². The minimum atomic E-state index is -0.815. The lowest BCUT2D eigenvalue weighted by molar-refractivity contribution is 0.00386. The van der Waals surface area contributed by atoms with E-state index in [0.717, 1.165) is 23.0 Å². The molecule has 5 rings (SSSR count). The molecule has 3 aromatic heterocycles. The fraction of sp³-hybridized carbons (Fsp3) is 0.438. The maximum Gasteiger partial charge on any atom is 0.163 e. The van der Waals surface area contributed by atoms with Crippen LogP contribution < -0.4 is 0 Å². The largest absolute Gasteiger partial charge is 0.390 e. The van der Waals surface area contributed by atoms with Crippen LogP contribution in [0.5, 0.6) is 0 Å². The standard InChI is InChI=1S/C16H15N5O2/c1-6-2-9-10(4-17)20-16-12(11(9)19-6)18-5-21(16)13-7-3-8(7)14(22)15(13)23/h2,5,7-8,13-15,19,22-23H,3H2,1H3/t7-,8?,13+,14+,15-/m0/s1. The van der Waals surface area contributed by atoms with Gasteiger partial charge in [-0.25, -0.2) is 9.97 Å². The Bertz CT molecular complexity index is 997. The Hall–Kier alpha value is -2.43. The maximum absolute atomic E-state index is 10.3. The van der Waals surface area contributed by atoms with Crippen molar-refractivity contribution in [2.75, 3.05) is 0 Å². The van der Waals surface area contributed by atoms with E-state index in [2.05, 4.69) is 21.0 Å². The quantitative estimate of drug-likeness (QED) is 0.621. The molecule has 1 unspecified atom stereocenters. The van der Waals surface area contributed by atoms with E-state index in [1.54, 1.807) is 6.33 Å². The Balaban J connectivity index is 1.78. The minimum absolute atomic E-state index is 0.166. The lowest BCUT2D eigenvalue weighted by Gasteiger charge is -2.22. The molecule has 0 aromatic carbocycles. The predicted octanol–water partition coefficient (Wildman–Crippen LogP) is 1.01. The molecule has 0 bridgehead atoms. The third-order valence-electron chi connectivity index (χ3n) is 5.32. The molecule has 0 aliphatic heterocycles. The van der Waals surface area contributed by atoms with Crippen molar-refractivity contribution in [1.29, 1.82) is 5.26 Å². The van der Waals surface area contributed by atoms with Gasteiger partial charge in [0.25, 0.3) is 0 Å². The first-order valence-corrected chi connectivity index (χ1v) is 7.72. The van der Waals surface area contributed by atoms with Gasteiger partial charge in [-0.1, -0.05) is 0 Å². The molecule has 0 radical (unpaired) electrons. The molecule has 3 N–H and O–H groups in total. The van der Waals surface area contributed by atoms with E-state index in [9.17, 15) is 15.5 Å². The first kappa shape index (κ1) is 13.0. The zero-order chi connectivity index (χ0) is 15.9. The van der Waals surface area contributed by atoms with Crippen molar-refractivity contribution in [2.24, 2.45) is 11.8 Å². The number of nitriles is 1. The molecule has 5 atom stereocenters. The van der Waals surface area contributed by atoms with Crippen molar-refractivity contribution < 1.29 is 10.2 Å². The highest BCUT2D eigenvalue weighted by atomic mass is 16.3. The Morgan fingerprint density at radius 1 is 1.35 bits per heavy atom. The van der Waals surface area contributed by atoms with E-state index in [4.69, 9.17) is 0 Å². The highest BCUT2D eigenvalue weighted by Crippen LogP contribution is 2.57. The van der Waals surface area contributed by atoms with Crippen molar-refractivity contribution in [3.8, 4) is 6.07 Å². The summed E-state index contributed by atoms with van der Waals surface area (Å²) in [5.74, 6) is 0.421. The van der Waals surface area contributed by atoms with Crippen molar-refractivity contribution >= 4 is 22.1 Å². The zero-order valence-corrected chi connectivity index (χ0v) is 12.4. The lowest BCUT2D eigenvalue weighted by atomic mass is 10.1. The van der Waals surface area contributed by atoms with Crippen LogP contribution in [0.3, 0.4) is 0 Å². The molecule has 2 saturated carbocycles. The number of nitrogens with one attached hydrogen (secondary N) is 1. The van der Waals surface area contributed by atoms with Gasteiger partial charge in [0, 0.05) is 11.1 Å². The minimum Gasteiger partial charge on any atom is -0.390 e. The number of pyridine rings is 1. The van der Waals surface area contributed by atoms with Gasteiger partial charge >= 0.3 is 0 Å². The zero-order valence-electron chi connectivity index (χ0n) is 12.4. The molecule has 7 heteroatoms. The average Bonchev–Trinajstić information content (AvgIpc) is 2.92. The number of imidazole rings is 1. The summed E-state index contributed by atoms with van der Waals surface area (Å²) in [6, 6.07) is 3.80. The summed E-state index contributed by atoms with van der Waals surface area (Å²) < 4.78 is 1.83. The van der Waals surface area contributed by atoms with Gasteiger partial charge in [-0.05, 0) is 31.2 Å². The number of nitrogens with zero attached hydrogens (tertiary/aromatic N) is 4. The molecule has 0 saturated heterocycles. The third kappa shape index (κ3) is 1.54. The number of fused-ring (bicyclic) bond motifs is 4. The highest BCUT2D eigenvalue weighted by molar-refractivity contribution is 6.02. The summed E-state index contributed by atoms with van der Waals surface area (Å²) in [7, 11) is 0. The first-order chi connectivity index (χ1) is 11.1. The summed E-state index contributed by atoms with van der Waals surface area (Å²) in [6.45, 7) is 1.93. The van der Waals surface area contributed by atoms with Crippen LogP contribution in [0.1, 0.15) is 23.9 Å². The molecule has 0 amide bonds. The summed E-state index contributed by atoms with van der Waals surface area (Å²) >= 11 is 0. The number of aryl methyl sites for hydroxylation is 1. The SMILES string of the molecule is Cc1cc2c(C#N)nc3c(ncn3[C@H]3[C@H](O)[C@H](O)C4C[C@@H]43)c2[nH]1. The van der Waals surface area contributed by atoms with Gasteiger partial charge in [0.15, 0.2) is 11.3 Å². The number of aromatic nitrogens is 4. The van der Waals surface area contributed by atoms with Crippen molar-refractivity contribution in [1.82, 2.24) is 19.5 Å². The van der Waals surface area contributed by atoms with Crippen LogP contribution in [-0.2, 0) is 0 Å². The van der Waals surface area contributed by atoms with Crippen LogP contribution in [0, 0.1) is 30.1 Å². The van der Waals surface area contributed by atoms with E-state index in [0.29, 0.717) is 16.9 Å². The number of rotatable bonds is 1. The monoisotopic (exact) mass is 309 g/mol. The van der Waals surface area contributed by atoms with Gasteiger partial charge in [0.1, 0.15) is 17.7 Å². The number of hydrogen-bond donors (Lipinski definition) is 3. The van der Waals surface area contributed by atoms with E-state index < -0.39 is 12.2 Å². The second kappa shape index (κ2) is 4.10. The van der Waals surface area contributed by atoms with Crippen LogP contribution in [0.4, 0.5) is 0 Å². The molecule has 0 spiro atoms. The average molecular weight is 309 g/mol. The molecular weight excluding hydrogens is 294 g/mol. The maximum atomic E-state index is 10.3. The smallest absolute Gasteiger partial charge is 0.163 e. The van der Waals surface area contributed by atoms with E-state index in [1.165, 1.54) is 0 Å².